The zero-order valence-corrected chi connectivity index (χ0v) is 9.65. The molecule has 0 bridgehead atoms. The fourth-order valence-corrected chi connectivity index (χ4v) is 1.28. The molecule has 0 radical (unpaired) electrons. The van der Waals surface area contributed by atoms with E-state index < -0.39 is 0 Å². The van der Waals surface area contributed by atoms with Gasteiger partial charge in [0.1, 0.15) is 0 Å². The van der Waals surface area contributed by atoms with Gasteiger partial charge < -0.3 is 10.7 Å². The van der Waals surface area contributed by atoms with E-state index in [1.807, 2.05) is 18.2 Å². The summed E-state index contributed by atoms with van der Waals surface area (Å²) in [5.74, 6) is 0. The first-order valence-electron chi connectivity index (χ1n) is 4.18. The average molecular weight is 246 g/mol. The maximum Gasteiger partial charge on any atom is 0.0924 e. The molecule has 3 nitrogen and oxygen atoms in total. The second kappa shape index (κ2) is 6.45. The largest absolute Gasteiger partial charge is 0.345 e. The van der Waals surface area contributed by atoms with Crippen LogP contribution in [0.4, 0.5) is 0 Å². The third-order valence-corrected chi connectivity index (χ3v) is 1.97. The van der Waals surface area contributed by atoms with E-state index in [0.29, 0.717) is 6.54 Å². The third kappa shape index (κ3) is 3.23. The van der Waals surface area contributed by atoms with E-state index in [0.717, 1.165) is 16.8 Å². The molecule has 1 aromatic heterocycles. The first-order valence-corrected chi connectivity index (χ1v) is 4.18. The van der Waals surface area contributed by atoms with E-state index in [2.05, 4.69) is 16.0 Å². The van der Waals surface area contributed by atoms with Crippen molar-refractivity contribution in [1.82, 2.24) is 9.97 Å². The van der Waals surface area contributed by atoms with Crippen molar-refractivity contribution in [3.8, 4) is 11.3 Å². The normalized spacial score (nSPS) is 8.87. The predicted octanol–water partition coefficient (Wildman–Crippen LogP) is 2.38. The quantitative estimate of drug-likeness (QED) is 0.854. The molecule has 15 heavy (non-hydrogen) atoms. The Morgan fingerprint density at radius 3 is 2.67 bits per heavy atom. The number of benzene rings is 1. The number of rotatable bonds is 2. The van der Waals surface area contributed by atoms with Crippen molar-refractivity contribution in [2.75, 3.05) is 0 Å². The standard InChI is InChI=1S/C10H11N3.2ClH/c11-5-8-2-1-3-9(4-8)10-6-12-7-13-10;;/h1-4,6-7H,5,11H2,(H,12,13);2*1H. The molecule has 3 N–H and O–H groups in total. The van der Waals surface area contributed by atoms with Gasteiger partial charge in [-0.1, -0.05) is 18.2 Å². The van der Waals surface area contributed by atoms with Crippen molar-refractivity contribution in [3.63, 3.8) is 0 Å². The lowest BCUT2D eigenvalue weighted by Crippen LogP contribution is -1.95. The number of hydrogen-bond donors (Lipinski definition) is 2. The van der Waals surface area contributed by atoms with Crippen LogP contribution in [0.5, 0.6) is 0 Å². The van der Waals surface area contributed by atoms with Crippen LogP contribution in [-0.2, 0) is 6.54 Å². The molecule has 2 rings (SSSR count). The lowest BCUT2D eigenvalue weighted by Gasteiger charge is -2.00. The smallest absolute Gasteiger partial charge is 0.0924 e. The maximum atomic E-state index is 5.55. The van der Waals surface area contributed by atoms with E-state index >= 15 is 0 Å². The van der Waals surface area contributed by atoms with Crippen molar-refractivity contribution in [2.24, 2.45) is 5.73 Å². The number of hydrogen-bond acceptors (Lipinski definition) is 2. The first kappa shape index (κ1) is 14.0. The second-order valence-electron chi connectivity index (χ2n) is 2.87. The van der Waals surface area contributed by atoms with Crippen LogP contribution in [0.1, 0.15) is 5.56 Å². The van der Waals surface area contributed by atoms with Crippen LogP contribution in [0, 0.1) is 0 Å². The Labute approximate surface area is 101 Å². The van der Waals surface area contributed by atoms with Gasteiger partial charge in [-0.3, -0.25) is 0 Å². The summed E-state index contributed by atoms with van der Waals surface area (Å²) in [6, 6.07) is 8.11. The number of imidazole rings is 1. The summed E-state index contributed by atoms with van der Waals surface area (Å²) in [4.78, 5) is 7.02. The van der Waals surface area contributed by atoms with Crippen molar-refractivity contribution in [3.05, 3.63) is 42.4 Å². The van der Waals surface area contributed by atoms with Crippen LogP contribution in [0.25, 0.3) is 11.3 Å². The molecule has 0 amide bonds. The molecule has 0 spiro atoms. The Kier molecular flexibility index (Phi) is 6.01. The van der Waals surface area contributed by atoms with Crippen LogP contribution >= 0.6 is 24.8 Å². The Bertz CT molecular complexity index is 387. The lowest BCUT2D eigenvalue weighted by molar-refractivity contribution is 1.07. The van der Waals surface area contributed by atoms with E-state index in [4.69, 9.17) is 5.73 Å². The zero-order valence-electron chi connectivity index (χ0n) is 8.01. The SMILES string of the molecule is Cl.Cl.NCc1cccc(-c2cnc[nH]2)c1. The first-order chi connectivity index (χ1) is 6.40. The van der Waals surface area contributed by atoms with Gasteiger partial charge in [0.05, 0.1) is 18.2 Å². The Morgan fingerprint density at radius 1 is 1.27 bits per heavy atom. The molecule has 0 aliphatic carbocycles. The number of nitrogens with zero attached hydrogens (tertiary/aromatic N) is 1. The molecule has 0 aliphatic rings. The van der Waals surface area contributed by atoms with Gasteiger partial charge in [0, 0.05) is 6.54 Å². The summed E-state index contributed by atoms with van der Waals surface area (Å²) in [5, 5.41) is 0. The van der Waals surface area contributed by atoms with Gasteiger partial charge in [-0.25, -0.2) is 4.98 Å². The van der Waals surface area contributed by atoms with E-state index in [9.17, 15) is 0 Å². The molecule has 0 fully saturated rings. The highest BCUT2D eigenvalue weighted by Crippen LogP contribution is 2.16. The molecule has 2 aromatic rings. The molecule has 1 heterocycles. The molecule has 0 saturated heterocycles. The monoisotopic (exact) mass is 245 g/mol. The van der Waals surface area contributed by atoms with Crippen molar-refractivity contribution in [1.29, 1.82) is 0 Å². The van der Waals surface area contributed by atoms with Crippen LogP contribution in [-0.4, -0.2) is 9.97 Å². The minimum atomic E-state index is 0. The van der Waals surface area contributed by atoms with Crippen molar-refractivity contribution in [2.45, 2.75) is 6.54 Å². The van der Waals surface area contributed by atoms with Gasteiger partial charge in [0.2, 0.25) is 0 Å². The van der Waals surface area contributed by atoms with E-state index in [-0.39, 0.29) is 24.8 Å². The topological polar surface area (TPSA) is 54.7 Å². The molecule has 0 atom stereocenters. The maximum absolute atomic E-state index is 5.55. The van der Waals surface area contributed by atoms with Crippen molar-refractivity contribution < 1.29 is 0 Å². The van der Waals surface area contributed by atoms with Crippen LogP contribution in [0.3, 0.4) is 0 Å². The molecule has 82 valence electrons. The van der Waals surface area contributed by atoms with Gasteiger partial charge in [0.25, 0.3) is 0 Å². The van der Waals surface area contributed by atoms with Gasteiger partial charge in [-0.2, -0.15) is 0 Å². The number of nitrogens with one attached hydrogen (secondary N) is 1. The minimum Gasteiger partial charge on any atom is -0.345 e. The van der Waals surface area contributed by atoms with Gasteiger partial charge in [0.15, 0.2) is 0 Å². The highest BCUT2D eigenvalue weighted by molar-refractivity contribution is 5.85. The summed E-state index contributed by atoms with van der Waals surface area (Å²) in [7, 11) is 0. The Hall–Kier alpha value is -1.03. The van der Waals surface area contributed by atoms with Gasteiger partial charge in [-0.15, -0.1) is 24.8 Å². The lowest BCUT2D eigenvalue weighted by atomic mass is 10.1. The predicted molar refractivity (Wildman–Crippen MR) is 66.4 cm³/mol. The molecular weight excluding hydrogens is 233 g/mol. The highest BCUT2D eigenvalue weighted by atomic mass is 35.5. The van der Waals surface area contributed by atoms with E-state index in [1.54, 1.807) is 12.5 Å². The van der Waals surface area contributed by atoms with Crippen LogP contribution in [0.15, 0.2) is 36.8 Å². The molecule has 0 saturated carbocycles. The molecular formula is C10H13Cl2N3. The summed E-state index contributed by atoms with van der Waals surface area (Å²) in [6.07, 6.45) is 3.47. The number of aromatic amines is 1. The fourth-order valence-electron chi connectivity index (χ4n) is 1.28. The number of H-pyrrole nitrogens is 1. The summed E-state index contributed by atoms with van der Waals surface area (Å²) < 4.78 is 0. The minimum absolute atomic E-state index is 0. The van der Waals surface area contributed by atoms with Gasteiger partial charge in [-0.05, 0) is 17.2 Å². The van der Waals surface area contributed by atoms with Gasteiger partial charge >= 0.3 is 0 Å². The molecule has 5 heteroatoms. The summed E-state index contributed by atoms with van der Waals surface area (Å²) >= 11 is 0. The zero-order chi connectivity index (χ0) is 9.10. The average Bonchev–Trinajstić information content (AvgIpc) is 2.71. The molecule has 0 aliphatic heterocycles. The third-order valence-electron chi connectivity index (χ3n) is 1.97. The Morgan fingerprint density at radius 2 is 2.07 bits per heavy atom. The highest BCUT2D eigenvalue weighted by Gasteiger charge is 1.98. The summed E-state index contributed by atoms with van der Waals surface area (Å²) in [5.41, 5.74) is 8.83. The van der Waals surface area contributed by atoms with Crippen LogP contribution in [0.2, 0.25) is 0 Å². The van der Waals surface area contributed by atoms with Crippen LogP contribution < -0.4 is 5.73 Å². The van der Waals surface area contributed by atoms with Crippen molar-refractivity contribution >= 4 is 24.8 Å². The fraction of sp³-hybridized carbons (Fsp3) is 0.100. The number of aromatic nitrogens is 2. The molecule has 0 unspecified atom stereocenters. The summed E-state index contributed by atoms with van der Waals surface area (Å²) in [6.45, 7) is 0.571. The number of halogens is 2. The molecule has 1 aromatic carbocycles. The second-order valence-corrected chi connectivity index (χ2v) is 2.87. The Balaban J connectivity index is 0.000000980. The van der Waals surface area contributed by atoms with E-state index in [1.165, 1.54) is 0 Å². The number of nitrogens with two attached hydrogens (primary N) is 1.